The Balaban J connectivity index is 1.10. The Morgan fingerprint density at radius 3 is 2.47 bits per heavy atom. The van der Waals surface area contributed by atoms with Gasteiger partial charge in [0.05, 0.1) is 29.3 Å². The Morgan fingerprint density at radius 2 is 1.75 bits per heavy atom. The molecular formula is C27H32N8O. The van der Waals surface area contributed by atoms with Crippen molar-refractivity contribution in [3.63, 3.8) is 0 Å². The standard InChI is InChI=1S/C27H32N8O/c1-17-13-33(14-17)15-22-7-10-25(31-30-22)21-5-8-23(9-6-21)34-12-11-24(16-34)36-26-18(2)28-27-29-20(4)32-35(27)19(26)3/h5-10,17,24H,11-16H2,1-4H3/t24-/m1/s1. The fourth-order valence-corrected chi connectivity index (χ4v) is 5.28. The van der Waals surface area contributed by atoms with Crippen LogP contribution in [0.5, 0.6) is 5.75 Å². The highest BCUT2D eigenvalue weighted by Gasteiger charge is 2.27. The molecule has 36 heavy (non-hydrogen) atoms. The van der Waals surface area contributed by atoms with E-state index < -0.39 is 0 Å². The lowest BCUT2D eigenvalue weighted by molar-refractivity contribution is 0.103. The van der Waals surface area contributed by atoms with Crippen molar-refractivity contribution in [2.45, 2.75) is 46.8 Å². The minimum absolute atomic E-state index is 0.0961. The lowest BCUT2D eigenvalue weighted by atomic mass is 10.0. The van der Waals surface area contributed by atoms with Gasteiger partial charge in [-0.3, -0.25) is 4.90 Å². The monoisotopic (exact) mass is 484 g/mol. The van der Waals surface area contributed by atoms with Gasteiger partial charge < -0.3 is 9.64 Å². The molecule has 2 saturated heterocycles. The van der Waals surface area contributed by atoms with Gasteiger partial charge in [0.1, 0.15) is 11.9 Å². The van der Waals surface area contributed by atoms with Gasteiger partial charge in [-0.1, -0.05) is 19.1 Å². The first-order chi connectivity index (χ1) is 17.4. The van der Waals surface area contributed by atoms with Gasteiger partial charge in [-0.2, -0.15) is 19.7 Å². The number of rotatable bonds is 6. The first-order valence-electron chi connectivity index (χ1n) is 12.7. The zero-order valence-corrected chi connectivity index (χ0v) is 21.3. The van der Waals surface area contributed by atoms with Crippen molar-refractivity contribution >= 4 is 11.5 Å². The summed E-state index contributed by atoms with van der Waals surface area (Å²) in [5, 5.41) is 13.4. The van der Waals surface area contributed by atoms with Crippen LogP contribution in [0.2, 0.25) is 0 Å². The first-order valence-corrected chi connectivity index (χ1v) is 12.7. The van der Waals surface area contributed by atoms with E-state index in [4.69, 9.17) is 4.74 Å². The summed E-state index contributed by atoms with van der Waals surface area (Å²) in [6.45, 7) is 13.1. The average Bonchev–Trinajstić information content (AvgIpc) is 3.48. The van der Waals surface area contributed by atoms with E-state index in [2.05, 4.69) is 78.4 Å². The lowest BCUT2D eigenvalue weighted by Gasteiger charge is -2.36. The van der Waals surface area contributed by atoms with Crippen LogP contribution in [0.15, 0.2) is 36.4 Å². The molecule has 1 atom stereocenters. The fraction of sp³-hybridized carbons (Fsp3) is 0.444. The number of hydrogen-bond donors (Lipinski definition) is 0. The predicted molar refractivity (Wildman–Crippen MR) is 138 cm³/mol. The molecule has 3 aromatic heterocycles. The summed E-state index contributed by atoms with van der Waals surface area (Å²) in [5.74, 6) is 2.93. The van der Waals surface area contributed by atoms with Crippen molar-refractivity contribution in [3.8, 4) is 17.0 Å². The second kappa shape index (κ2) is 9.13. The van der Waals surface area contributed by atoms with E-state index in [0.29, 0.717) is 11.6 Å². The summed E-state index contributed by atoms with van der Waals surface area (Å²) in [5.41, 5.74) is 5.99. The van der Waals surface area contributed by atoms with Gasteiger partial charge in [-0.05, 0) is 51.0 Å². The maximum atomic E-state index is 6.44. The third-order valence-corrected chi connectivity index (χ3v) is 7.14. The Labute approximate surface area is 211 Å². The van der Waals surface area contributed by atoms with Crippen LogP contribution in [0.1, 0.15) is 36.3 Å². The maximum Gasteiger partial charge on any atom is 0.253 e. The minimum atomic E-state index is 0.0961. The van der Waals surface area contributed by atoms with Crippen LogP contribution in [0.3, 0.4) is 0 Å². The number of hydrogen-bond acceptors (Lipinski definition) is 8. The summed E-state index contributed by atoms with van der Waals surface area (Å²) in [7, 11) is 0. The van der Waals surface area contributed by atoms with Crippen molar-refractivity contribution in [2.75, 3.05) is 31.1 Å². The van der Waals surface area contributed by atoms with Crippen LogP contribution in [0.25, 0.3) is 17.0 Å². The molecule has 6 rings (SSSR count). The predicted octanol–water partition coefficient (Wildman–Crippen LogP) is 3.62. The third kappa shape index (κ3) is 4.39. The molecule has 0 saturated carbocycles. The van der Waals surface area contributed by atoms with E-state index in [1.165, 1.54) is 5.69 Å². The fourth-order valence-electron chi connectivity index (χ4n) is 5.28. The van der Waals surface area contributed by atoms with E-state index in [1.807, 2.05) is 20.8 Å². The van der Waals surface area contributed by atoms with E-state index >= 15 is 0 Å². The number of nitrogens with zero attached hydrogens (tertiary/aromatic N) is 8. The number of aromatic nitrogens is 6. The Hall–Kier alpha value is -3.59. The summed E-state index contributed by atoms with van der Waals surface area (Å²) < 4.78 is 8.21. The number of benzene rings is 1. The highest BCUT2D eigenvalue weighted by atomic mass is 16.5. The molecule has 0 bridgehead atoms. The smallest absolute Gasteiger partial charge is 0.253 e. The molecule has 0 aliphatic carbocycles. The molecule has 2 fully saturated rings. The molecular weight excluding hydrogens is 452 g/mol. The van der Waals surface area contributed by atoms with Crippen LogP contribution in [0.4, 0.5) is 5.69 Å². The zero-order chi connectivity index (χ0) is 24.8. The van der Waals surface area contributed by atoms with Crippen LogP contribution in [-0.4, -0.2) is 67.0 Å². The van der Waals surface area contributed by atoms with Crippen molar-refractivity contribution in [3.05, 3.63) is 59.3 Å². The molecule has 5 heterocycles. The molecule has 0 amide bonds. The summed E-state index contributed by atoms with van der Waals surface area (Å²) in [4.78, 5) is 13.7. The van der Waals surface area contributed by atoms with Crippen LogP contribution in [-0.2, 0) is 6.54 Å². The van der Waals surface area contributed by atoms with Crippen LogP contribution in [0, 0.1) is 26.7 Å². The normalized spacial score (nSPS) is 18.7. The second-order valence-electron chi connectivity index (χ2n) is 10.2. The molecule has 2 aliphatic rings. The van der Waals surface area contributed by atoms with E-state index in [1.54, 1.807) is 4.52 Å². The Morgan fingerprint density at radius 1 is 0.944 bits per heavy atom. The molecule has 9 heteroatoms. The van der Waals surface area contributed by atoms with Crippen molar-refractivity contribution < 1.29 is 4.74 Å². The van der Waals surface area contributed by atoms with Gasteiger partial charge in [0.2, 0.25) is 0 Å². The van der Waals surface area contributed by atoms with Gasteiger partial charge in [-0.15, -0.1) is 5.10 Å². The van der Waals surface area contributed by atoms with E-state index in [9.17, 15) is 0 Å². The molecule has 4 aromatic rings. The molecule has 0 spiro atoms. The molecule has 186 valence electrons. The zero-order valence-electron chi connectivity index (χ0n) is 21.3. The molecule has 2 aliphatic heterocycles. The molecule has 1 aromatic carbocycles. The molecule has 9 nitrogen and oxygen atoms in total. The van der Waals surface area contributed by atoms with Gasteiger partial charge in [0.25, 0.3) is 5.78 Å². The highest BCUT2D eigenvalue weighted by Crippen LogP contribution is 2.29. The number of likely N-dealkylation sites (tertiary alicyclic amines) is 1. The van der Waals surface area contributed by atoms with Crippen molar-refractivity contribution in [2.24, 2.45) is 5.92 Å². The Bertz CT molecular complexity index is 1380. The largest absolute Gasteiger partial charge is 0.485 e. The average molecular weight is 485 g/mol. The van der Waals surface area contributed by atoms with E-state index in [-0.39, 0.29) is 6.10 Å². The van der Waals surface area contributed by atoms with Crippen molar-refractivity contribution in [1.29, 1.82) is 0 Å². The van der Waals surface area contributed by atoms with Gasteiger partial charge in [0, 0.05) is 43.9 Å². The summed E-state index contributed by atoms with van der Waals surface area (Å²) in [6.07, 6.45) is 1.05. The number of fused-ring (bicyclic) bond motifs is 1. The second-order valence-corrected chi connectivity index (χ2v) is 10.2. The molecule has 0 N–H and O–H groups in total. The summed E-state index contributed by atoms with van der Waals surface area (Å²) in [6, 6.07) is 12.8. The van der Waals surface area contributed by atoms with Gasteiger partial charge in [0.15, 0.2) is 5.75 Å². The van der Waals surface area contributed by atoms with Crippen molar-refractivity contribution in [1.82, 2.24) is 34.7 Å². The number of aryl methyl sites for hydroxylation is 3. The number of anilines is 1. The Kier molecular flexibility index (Phi) is 5.79. The molecule has 0 unspecified atom stereocenters. The number of ether oxygens (including phenoxy) is 1. The van der Waals surface area contributed by atoms with Gasteiger partial charge in [-0.25, -0.2) is 4.98 Å². The van der Waals surface area contributed by atoms with Gasteiger partial charge >= 0.3 is 0 Å². The summed E-state index contributed by atoms with van der Waals surface area (Å²) >= 11 is 0. The van der Waals surface area contributed by atoms with Crippen LogP contribution < -0.4 is 9.64 Å². The minimum Gasteiger partial charge on any atom is -0.485 e. The SMILES string of the molecule is Cc1nc2nc(C)c(O[C@@H]3CCN(c4ccc(-c5ccc(CN6CC(C)C6)nn5)cc4)C3)c(C)n2n1. The lowest BCUT2D eigenvalue weighted by Crippen LogP contribution is -2.44. The maximum absolute atomic E-state index is 6.44. The topological polar surface area (TPSA) is 84.6 Å². The molecule has 0 radical (unpaired) electrons. The van der Waals surface area contributed by atoms with Crippen LogP contribution >= 0.6 is 0 Å². The first kappa shape index (κ1) is 22.8. The third-order valence-electron chi connectivity index (χ3n) is 7.14. The van der Waals surface area contributed by atoms with E-state index in [0.717, 1.165) is 79.2 Å². The quantitative estimate of drug-likeness (QED) is 0.410. The highest BCUT2D eigenvalue weighted by molar-refractivity contribution is 5.63.